The van der Waals surface area contributed by atoms with E-state index in [0.29, 0.717) is 5.56 Å². The lowest BCUT2D eigenvalue weighted by molar-refractivity contribution is 0.459. The molecular weight excluding hydrogens is 308 g/mol. The molecule has 1 unspecified atom stereocenters. The van der Waals surface area contributed by atoms with E-state index in [1.165, 1.54) is 51.0 Å². The summed E-state index contributed by atoms with van der Waals surface area (Å²) in [6.45, 7) is 6.13. The molecule has 0 saturated heterocycles. The van der Waals surface area contributed by atoms with Gasteiger partial charge < -0.3 is 4.55 Å². The third-order valence-electron chi connectivity index (χ3n) is 4.54. The summed E-state index contributed by atoms with van der Waals surface area (Å²) >= 11 is 0. The highest BCUT2D eigenvalue weighted by atomic mass is 32.2. The lowest BCUT2D eigenvalue weighted by Crippen LogP contribution is -2.08. The van der Waals surface area contributed by atoms with Gasteiger partial charge in [-0.15, -0.1) is 0 Å². The third kappa shape index (κ3) is 7.05. The summed E-state index contributed by atoms with van der Waals surface area (Å²) < 4.78 is 34.4. The summed E-state index contributed by atoms with van der Waals surface area (Å²) in [5.74, 6) is 0.106. The van der Waals surface area contributed by atoms with E-state index in [9.17, 15) is 13.0 Å². The Morgan fingerprint density at radius 2 is 1.57 bits per heavy atom. The van der Waals surface area contributed by atoms with Crippen LogP contribution >= 0.6 is 0 Å². The minimum absolute atomic E-state index is 0.0374. The van der Waals surface area contributed by atoms with E-state index in [1.807, 2.05) is 19.9 Å². The van der Waals surface area contributed by atoms with Gasteiger partial charge in [-0.05, 0) is 36.5 Å². The first-order valence-corrected chi connectivity index (χ1v) is 10.3. The van der Waals surface area contributed by atoms with E-state index in [-0.39, 0.29) is 10.8 Å². The van der Waals surface area contributed by atoms with Crippen LogP contribution in [-0.2, 0) is 10.1 Å². The highest BCUT2D eigenvalue weighted by molar-refractivity contribution is 7.85. The Morgan fingerprint density at radius 1 is 1.00 bits per heavy atom. The molecule has 0 aliphatic carbocycles. The van der Waals surface area contributed by atoms with Crippen LogP contribution in [0.1, 0.15) is 88.7 Å². The van der Waals surface area contributed by atoms with Gasteiger partial charge in [0.2, 0.25) is 0 Å². The highest BCUT2D eigenvalue weighted by Crippen LogP contribution is 2.30. The van der Waals surface area contributed by atoms with Crippen LogP contribution in [0.4, 0.5) is 0 Å². The maximum absolute atomic E-state index is 11.5. The molecule has 132 valence electrons. The Hall–Kier alpha value is -0.870. The molecule has 0 N–H and O–H groups in total. The molecule has 0 aromatic heterocycles. The molecular formula is C19H31O3S-. The summed E-state index contributed by atoms with van der Waals surface area (Å²) in [4.78, 5) is -0.0374. The number of hydrogen-bond donors (Lipinski definition) is 0. The average Bonchev–Trinajstić information content (AvgIpc) is 2.48. The Bertz CT molecular complexity index is 564. The van der Waals surface area contributed by atoms with Crippen molar-refractivity contribution in [3.05, 3.63) is 29.3 Å². The first kappa shape index (κ1) is 20.2. The van der Waals surface area contributed by atoms with Gasteiger partial charge in [0.05, 0.1) is 4.90 Å². The predicted octanol–water partition coefficient (Wildman–Crippen LogP) is 5.53. The molecule has 0 fully saturated rings. The van der Waals surface area contributed by atoms with Gasteiger partial charge in [0, 0.05) is 0 Å². The number of rotatable bonds is 11. The Kier molecular flexibility index (Phi) is 8.85. The molecule has 1 rings (SSSR count). The fraction of sp³-hybridized carbons (Fsp3) is 0.684. The molecule has 0 radical (unpaired) electrons. The van der Waals surface area contributed by atoms with Crippen molar-refractivity contribution in [3.8, 4) is 0 Å². The molecule has 0 spiro atoms. The third-order valence-corrected chi connectivity index (χ3v) is 5.43. The van der Waals surface area contributed by atoms with E-state index in [4.69, 9.17) is 0 Å². The zero-order valence-corrected chi connectivity index (χ0v) is 15.6. The second-order valence-electron chi connectivity index (χ2n) is 6.61. The van der Waals surface area contributed by atoms with Gasteiger partial charge in [0.15, 0.2) is 0 Å². The van der Waals surface area contributed by atoms with Crippen LogP contribution in [0.15, 0.2) is 23.1 Å². The number of unbranched alkanes of at least 4 members (excludes halogenated alkanes) is 7. The average molecular weight is 340 g/mol. The van der Waals surface area contributed by atoms with Gasteiger partial charge >= 0.3 is 0 Å². The van der Waals surface area contributed by atoms with Crippen molar-refractivity contribution in [3.63, 3.8) is 0 Å². The SMILES string of the molecule is CCCCCCCCCCC(C)c1c(C)cccc1S(=O)(=O)[O-]. The zero-order valence-electron chi connectivity index (χ0n) is 14.8. The van der Waals surface area contributed by atoms with Crippen LogP contribution in [0.2, 0.25) is 0 Å². The Balaban J connectivity index is 2.48. The molecule has 0 bridgehead atoms. The second kappa shape index (κ2) is 10.1. The lowest BCUT2D eigenvalue weighted by atomic mass is 9.91. The molecule has 1 atom stereocenters. The molecule has 3 nitrogen and oxygen atoms in total. The monoisotopic (exact) mass is 339 g/mol. The summed E-state index contributed by atoms with van der Waals surface area (Å²) in [6.07, 6.45) is 11.0. The molecule has 1 aromatic carbocycles. The smallest absolute Gasteiger partial charge is 0.124 e. The minimum Gasteiger partial charge on any atom is -0.744 e. The molecule has 1 aromatic rings. The van der Waals surface area contributed by atoms with Crippen LogP contribution in [0.3, 0.4) is 0 Å². The van der Waals surface area contributed by atoms with Crippen molar-refractivity contribution in [2.45, 2.75) is 89.4 Å². The zero-order chi connectivity index (χ0) is 17.3. The van der Waals surface area contributed by atoms with E-state index in [0.717, 1.165) is 18.4 Å². The molecule has 0 heterocycles. The minimum atomic E-state index is -4.40. The Morgan fingerprint density at radius 3 is 2.13 bits per heavy atom. The molecule has 0 amide bonds. The first-order valence-electron chi connectivity index (χ1n) is 8.93. The normalized spacial score (nSPS) is 13.2. The van der Waals surface area contributed by atoms with Crippen LogP contribution < -0.4 is 0 Å². The van der Waals surface area contributed by atoms with Crippen molar-refractivity contribution in [2.24, 2.45) is 0 Å². The van der Waals surface area contributed by atoms with Crippen molar-refractivity contribution in [1.29, 1.82) is 0 Å². The van der Waals surface area contributed by atoms with Gasteiger partial charge in [0.1, 0.15) is 10.1 Å². The Labute approximate surface area is 142 Å². The first-order chi connectivity index (χ1) is 10.9. The standard InChI is InChI=1S/C19H32O3S/c1-4-5-6-7-8-9-10-11-13-16(2)19-17(3)14-12-15-18(19)23(20,21)22/h12,14-16H,4-11,13H2,1-3H3,(H,20,21,22)/p-1. The molecule has 23 heavy (non-hydrogen) atoms. The van der Waals surface area contributed by atoms with Crippen LogP contribution in [0, 0.1) is 6.92 Å². The molecule has 0 saturated carbocycles. The molecule has 0 aliphatic rings. The number of aryl methyl sites for hydroxylation is 1. The summed E-state index contributed by atoms with van der Waals surface area (Å²) in [6, 6.07) is 4.97. The van der Waals surface area contributed by atoms with E-state index in [2.05, 4.69) is 6.92 Å². The topological polar surface area (TPSA) is 57.2 Å². The van der Waals surface area contributed by atoms with E-state index < -0.39 is 10.1 Å². The van der Waals surface area contributed by atoms with Crippen molar-refractivity contribution < 1.29 is 13.0 Å². The van der Waals surface area contributed by atoms with Gasteiger partial charge in [-0.1, -0.05) is 77.3 Å². The summed E-state index contributed by atoms with van der Waals surface area (Å²) in [7, 11) is -4.40. The van der Waals surface area contributed by atoms with Gasteiger partial charge in [-0.2, -0.15) is 0 Å². The van der Waals surface area contributed by atoms with Gasteiger partial charge in [-0.25, -0.2) is 8.42 Å². The maximum atomic E-state index is 11.5. The second-order valence-corrected chi connectivity index (χ2v) is 7.95. The van der Waals surface area contributed by atoms with Crippen LogP contribution in [-0.4, -0.2) is 13.0 Å². The predicted molar refractivity (Wildman–Crippen MR) is 94.8 cm³/mol. The van der Waals surface area contributed by atoms with E-state index >= 15 is 0 Å². The number of hydrogen-bond acceptors (Lipinski definition) is 3. The van der Waals surface area contributed by atoms with Crippen molar-refractivity contribution >= 4 is 10.1 Å². The van der Waals surface area contributed by atoms with Gasteiger partial charge in [-0.3, -0.25) is 0 Å². The summed E-state index contributed by atoms with van der Waals surface area (Å²) in [5, 5.41) is 0. The van der Waals surface area contributed by atoms with Crippen LogP contribution in [0.5, 0.6) is 0 Å². The van der Waals surface area contributed by atoms with Crippen molar-refractivity contribution in [1.82, 2.24) is 0 Å². The maximum Gasteiger partial charge on any atom is 0.124 e. The van der Waals surface area contributed by atoms with Crippen LogP contribution in [0.25, 0.3) is 0 Å². The van der Waals surface area contributed by atoms with Crippen molar-refractivity contribution in [2.75, 3.05) is 0 Å². The molecule has 4 heteroatoms. The number of benzene rings is 1. The highest BCUT2D eigenvalue weighted by Gasteiger charge is 2.16. The van der Waals surface area contributed by atoms with E-state index in [1.54, 1.807) is 6.07 Å². The van der Waals surface area contributed by atoms with Gasteiger partial charge in [0.25, 0.3) is 0 Å². The quantitative estimate of drug-likeness (QED) is 0.393. The fourth-order valence-electron chi connectivity index (χ4n) is 3.23. The summed E-state index contributed by atoms with van der Waals surface area (Å²) in [5.41, 5.74) is 1.61. The fourth-order valence-corrected chi connectivity index (χ4v) is 4.11. The molecule has 0 aliphatic heterocycles. The lowest BCUT2D eigenvalue weighted by Gasteiger charge is -2.20. The largest absolute Gasteiger partial charge is 0.744 e.